The molecule has 32 heavy (non-hydrogen) atoms. The van der Waals surface area contributed by atoms with E-state index in [0.717, 1.165) is 42.9 Å². The molecular weight excluding hydrogens is 432 g/mol. The second-order valence-electron chi connectivity index (χ2n) is 6.92. The number of carboxylic acid groups (broad SMARTS) is 2. The maximum Gasteiger partial charge on any atom is 0.328 e. The molecule has 0 amide bonds. The normalized spacial score (nSPS) is 16.6. The van der Waals surface area contributed by atoms with Gasteiger partial charge in [0.2, 0.25) is 0 Å². The van der Waals surface area contributed by atoms with Crippen molar-refractivity contribution in [2.45, 2.75) is 17.7 Å². The van der Waals surface area contributed by atoms with Crippen molar-refractivity contribution in [3.63, 3.8) is 0 Å². The minimum absolute atomic E-state index is 0.389. The van der Waals surface area contributed by atoms with Crippen molar-refractivity contribution in [3.05, 3.63) is 72.4 Å². The molecule has 9 nitrogen and oxygen atoms in total. The zero-order valence-corrected chi connectivity index (χ0v) is 18.1. The van der Waals surface area contributed by atoms with Crippen LogP contribution in [0.15, 0.2) is 72.0 Å². The second-order valence-corrected chi connectivity index (χ2v) is 7.90. The van der Waals surface area contributed by atoms with E-state index in [1.807, 2.05) is 28.8 Å². The van der Waals surface area contributed by atoms with Crippen LogP contribution in [0.1, 0.15) is 5.56 Å². The molecule has 1 saturated heterocycles. The number of aromatic nitrogens is 3. The Morgan fingerprint density at radius 1 is 1.06 bits per heavy atom. The van der Waals surface area contributed by atoms with Gasteiger partial charge in [-0.25, -0.2) is 9.59 Å². The first kappa shape index (κ1) is 23.5. The second kappa shape index (κ2) is 12.0. The Balaban J connectivity index is 0.000000312. The molecule has 1 aromatic carbocycles. The van der Waals surface area contributed by atoms with Crippen LogP contribution in [0.5, 0.6) is 0 Å². The van der Waals surface area contributed by atoms with E-state index in [1.54, 1.807) is 11.8 Å². The molecule has 2 aromatic heterocycles. The predicted octanol–water partition coefficient (Wildman–Crippen LogP) is 2.43. The molecule has 0 aliphatic carbocycles. The number of fused-ring (bicyclic) bond motifs is 1. The molecule has 2 N–H and O–H groups in total. The van der Waals surface area contributed by atoms with Gasteiger partial charge in [0, 0.05) is 43.2 Å². The standard InChI is InChI=1S/C18H20N4OS.C4H4O4/c1-2-6-15(7-3-1)12-21-10-11-23-13-16(21)14-24-18-20-19-17-8-4-5-9-22(17)18;5-3(6)1-2-4(7)8/h1-9,16H,10-14H2;1-2H,(H,5,6)(H,7,8). The van der Waals surface area contributed by atoms with Crippen LogP contribution in [0.25, 0.3) is 5.65 Å². The van der Waals surface area contributed by atoms with Gasteiger partial charge < -0.3 is 14.9 Å². The van der Waals surface area contributed by atoms with E-state index in [9.17, 15) is 9.59 Å². The van der Waals surface area contributed by atoms with E-state index in [4.69, 9.17) is 14.9 Å². The fourth-order valence-electron chi connectivity index (χ4n) is 3.10. The molecule has 168 valence electrons. The predicted molar refractivity (Wildman–Crippen MR) is 120 cm³/mol. The van der Waals surface area contributed by atoms with E-state index < -0.39 is 11.9 Å². The number of carboxylic acids is 2. The highest BCUT2D eigenvalue weighted by Gasteiger charge is 2.24. The molecule has 1 atom stereocenters. The average Bonchev–Trinajstić information content (AvgIpc) is 3.21. The Morgan fingerprint density at radius 3 is 2.50 bits per heavy atom. The number of carbonyl (C=O) groups is 2. The van der Waals surface area contributed by atoms with Crippen LogP contribution in [0, 0.1) is 0 Å². The van der Waals surface area contributed by atoms with E-state index >= 15 is 0 Å². The fourth-order valence-corrected chi connectivity index (χ4v) is 4.14. The lowest BCUT2D eigenvalue weighted by molar-refractivity contribution is -0.134. The van der Waals surface area contributed by atoms with Gasteiger partial charge in [-0.1, -0.05) is 48.2 Å². The number of ether oxygens (including phenoxy) is 1. The lowest BCUT2D eigenvalue weighted by Crippen LogP contribution is -2.46. The highest BCUT2D eigenvalue weighted by Crippen LogP contribution is 2.22. The highest BCUT2D eigenvalue weighted by atomic mass is 32.2. The van der Waals surface area contributed by atoms with E-state index in [-0.39, 0.29) is 0 Å². The smallest absolute Gasteiger partial charge is 0.328 e. The van der Waals surface area contributed by atoms with Gasteiger partial charge in [-0.3, -0.25) is 9.30 Å². The molecule has 0 spiro atoms. The molecule has 0 bridgehead atoms. The molecule has 10 heteroatoms. The summed E-state index contributed by atoms with van der Waals surface area (Å²) in [5.74, 6) is -1.57. The van der Waals surface area contributed by atoms with Gasteiger partial charge in [0.15, 0.2) is 10.8 Å². The van der Waals surface area contributed by atoms with Gasteiger partial charge in [0.05, 0.1) is 13.2 Å². The molecule has 3 aromatic rings. The van der Waals surface area contributed by atoms with E-state index in [0.29, 0.717) is 18.2 Å². The summed E-state index contributed by atoms with van der Waals surface area (Å²) in [5.41, 5.74) is 2.24. The Kier molecular flexibility index (Phi) is 8.79. The summed E-state index contributed by atoms with van der Waals surface area (Å²) in [6.45, 7) is 3.52. The number of aliphatic carboxylic acids is 2. The summed E-state index contributed by atoms with van der Waals surface area (Å²) < 4.78 is 7.75. The van der Waals surface area contributed by atoms with E-state index in [1.165, 1.54) is 5.56 Å². The van der Waals surface area contributed by atoms with Crippen molar-refractivity contribution in [2.24, 2.45) is 0 Å². The summed E-state index contributed by atoms with van der Waals surface area (Å²) in [5, 5.41) is 25.1. The summed E-state index contributed by atoms with van der Waals surface area (Å²) in [6.07, 6.45) is 3.13. The number of nitrogens with zero attached hydrogens (tertiary/aromatic N) is 4. The molecule has 0 radical (unpaired) electrons. The molecule has 1 aliphatic heterocycles. The SMILES string of the molecule is O=C(O)C=CC(=O)O.c1ccc(CN2CCOCC2CSc2nnc3ccccn23)cc1. The Bertz CT molecular complexity index is 1040. The molecular formula is C22H24N4O5S. The number of thioether (sulfide) groups is 1. The quantitative estimate of drug-likeness (QED) is 0.408. The molecule has 4 rings (SSSR count). The van der Waals surface area contributed by atoms with Gasteiger partial charge in [0.1, 0.15) is 0 Å². The Labute approximate surface area is 189 Å². The van der Waals surface area contributed by atoms with E-state index in [2.05, 4.69) is 45.4 Å². The van der Waals surface area contributed by atoms with Crippen molar-refractivity contribution < 1.29 is 24.5 Å². The monoisotopic (exact) mass is 456 g/mol. The number of pyridine rings is 1. The van der Waals surface area contributed by atoms with Crippen molar-refractivity contribution in [2.75, 3.05) is 25.5 Å². The van der Waals surface area contributed by atoms with Crippen LogP contribution < -0.4 is 0 Å². The van der Waals surface area contributed by atoms with Gasteiger partial charge >= 0.3 is 11.9 Å². The summed E-state index contributed by atoms with van der Waals surface area (Å²) >= 11 is 1.75. The third-order valence-corrected chi connectivity index (χ3v) is 5.72. The van der Waals surface area contributed by atoms with Gasteiger partial charge in [-0.2, -0.15) is 0 Å². The maximum atomic E-state index is 9.55. The van der Waals surface area contributed by atoms with Crippen molar-refractivity contribution in [1.29, 1.82) is 0 Å². The molecule has 3 heterocycles. The molecule has 1 unspecified atom stereocenters. The third kappa shape index (κ3) is 7.19. The summed E-state index contributed by atoms with van der Waals surface area (Å²) in [6, 6.07) is 17.0. The van der Waals surface area contributed by atoms with Crippen LogP contribution in [0.4, 0.5) is 0 Å². The third-order valence-electron chi connectivity index (χ3n) is 4.63. The highest BCUT2D eigenvalue weighted by molar-refractivity contribution is 7.99. The first-order valence-corrected chi connectivity index (χ1v) is 10.9. The van der Waals surface area contributed by atoms with Gasteiger partial charge in [-0.05, 0) is 17.7 Å². The van der Waals surface area contributed by atoms with Crippen LogP contribution in [-0.2, 0) is 20.9 Å². The number of morpholine rings is 1. The minimum atomic E-state index is -1.26. The van der Waals surface area contributed by atoms with Crippen molar-refractivity contribution >= 4 is 29.3 Å². The molecule has 0 saturated carbocycles. The Hall–Kier alpha value is -3.21. The lowest BCUT2D eigenvalue weighted by atomic mass is 10.1. The van der Waals surface area contributed by atoms with Gasteiger partial charge in [0.25, 0.3) is 0 Å². The van der Waals surface area contributed by atoms with Crippen LogP contribution in [-0.4, -0.2) is 73.2 Å². The topological polar surface area (TPSA) is 117 Å². The van der Waals surface area contributed by atoms with Crippen LogP contribution in [0.2, 0.25) is 0 Å². The zero-order chi connectivity index (χ0) is 22.8. The van der Waals surface area contributed by atoms with Crippen molar-refractivity contribution in [3.8, 4) is 0 Å². The molecule has 1 aliphatic rings. The number of hydrogen-bond donors (Lipinski definition) is 2. The van der Waals surface area contributed by atoms with Crippen LogP contribution >= 0.6 is 11.8 Å². The number of hydrogen-bond acceptors (Lipinski definition) is 7. The summed E-state index contributed by atoms with van der Waals surface area (Å²) in [4.78, 5) is 21.6. The number of rotatable bonds is 7. The number of benzene rings is 1. The maximum absolute atomic E-state index is 9.55. The molecule has 1 fully saturated rings. The minimum Gasteiger partial charge on any atom is -0.478 e. The first-order valence-electron chi connectivity index (χ1n) is 9.95. The largest absolute Gasteiger partial charge is 0.478 e. The lowest BCUT2D eigenvalue weighted by Gasteiger charge is -2.35. The average molecular weight is 457 g/mol. The summed E-state index contributed by atoms with van der Waals surface area (Å²) in [7, 11) is 0. The van der Waals surface area contributed by atoms with Crippen LogP contribution in [0.3, 0.4) is 0 Å². The fraction of sp³-hybridized carbons (Fsp3) is 0.273. The first-order chi connectivity index (χ1) is 15.5. The van der Waals surface area contributed by atoms with Crippen molar-refractivity contribution in [1.82, 2.24) is 19.5 Å². The van der Waals surface area contributed by atoms with Gasteiger partial charge in [-0.15, -0.1) is 10.2 Å². The Morgan fingerprint density at radius 2 is 1.78 bits per heavy atom. The zero-order valence-electron chi connectivity index (χ0n) is 17.3.